The second-order valence-electron chi connectivity index (χ2n) is 14.6. The number of unbranched alkanes of at least 4 members (excludes halogenated alkanes) is 1. The first-order chi connectivity index (χ1) is 21.3. The number of likely N-dealkylation sites (tertiary alicyclic amines) is 2. The zero-order chi connectivity index (χ0) is 33.7. The third-order valence-corrected chi connectivity index (χ3v) is 7.99. The summed E-state index contributed by atoms with van der Waals surface area (Å²) in [6.45, 7) is 22.6. The first-order valence-corrected chi connectivity index (χ1v) is 17.9. The molecule has 0 unspecified atom stereocenters. The molecular weight excluding hydrogens is 583 g/mol. The largest absolute Gasteiger partial charge is 0.444 e. The lowest BCUT2D eigenvalue weighted by Crippen LogP contribution is -2.42. The maximum Gasteiger partial charge on any atom is 0.410 e. The minimum atomic E-state index is -0.452. The molecule has 4 rings (SSSR count). The monoisotopic (exact) mass is 652 g/mol. The molecule has 4 fully saturated rings. The van der Waals surface area contributed by atoms with Crippen molar-refractivity contribution >= 4 is 26.4 Å². The molecule has 3 radical (unpaired) electrons. The summed E-state index contributed by atoms with van der Waals surface area (Å²) >= 11 is 0. The van der Waals surface area contributed by atoms with Crippen molar-refractivity contribution in [3.8, 4) is 0 Å². The lowest BCUT2D eigenvalue weighted by atomic mass is 9.90. The van der Waals surface area contributed by atoms with Crippen molar-refractivity contribution in [3.63, 3.8) is 0 Å². The van der Waals surface area contributed by atoms with Gasteiger partial charge in [0.2, 0.25) is 0 Å². The zero-order valence-electron chi connectivity index (χ0n) is 30.8. The maximum absolute atomic E-state index is 11.8. The quantitative estimate of drug-likeness (QED) is 0.268. The van der Waals surface area contributed by atoms with Crippen LogP contribution in [0.1, 0.15) is 139 Å². The second kappa shape index (κ2) is 24.4. The van der Waals surface area contributed by atoms with Gasteiger partial charge >= 0.3 is 12.2 Å². The summed E-state index contributed by atoms with van der Waals surface area (Å²) in [5, 5.41) is 0. The minimum Gasteiger partial charge on any atom is -0.444 e. The van der Waals surface area contributed by atoms with Gasteiger partial charge in [0, 0.05) is 73.4 Å². The van der Waals surface area contributed by atoms with Crippen LogP contribution in [0, 0.1) is 11.8 Å². The Morgan fingerprint density at radius 3 is 1.35 bits per heavy atom. The summed E-state index contributed by atoms with van der Waals surface area (Å²) in [5.41, 5.74) is -0.831. The van der Waals surface area contributed by atoms with Crippen molar-refractivity contribution in [3.05, 3.63) is 0 Å². The van der Waals surface area contributed by atoms with Crippen LogP contribution >= 0.6 is 0 Å². The lowest BCUT2D eigenvalue weighted by molar-refractivity contribution is -0.124. The van der Waals surface area contributed by atoms with Gasteiger partial charge in [0.15, 0.2) is 0 Å². The summed E-state index contributed by atoms with van der Waals surface area (Å²) in [4.78, 5) is 39.0. The molecule has 0 aromatic carbocycles. The fraction of sp³-hybridized carbons (Fsp3) is 0.917. The van der Waals surface area contributed by atoms with Crippen LogP contribution < -0.4 is 0 Å². The van der Waals surface area contributed by atoms with Gasteiger partial charge < -0.3 is 28.7 Å². The third kappa shape index (κ3) is 21.9. The molecule has 0 spiro atoms. The van der Waals surface area contributed by atoms with Crippen LogP contribution in [0.15, 0.2) is 0 Å². The van der Waals surface area contributed by atoms with Gasteiger partial charge in [0.25, 0.3) is 0 Å². The number of carbonyl (C=O) groups excluding carboxylic acids is 3. The number of piperidine rings is 2. The molecule has 4 heterocycles. The van der Waals surface area contributed by atoms with Crippen molar-refractivity contribution in [1.82, 2.24) is 9.80 Å². The number of rotatable bonds is 6. The molecule has 9 nitrogen and oxygen atoms in total. The Labute approximate surface area is 283 Å². The van der Waals surface area contributed by atoms with Crippen molar-refractivity contribution in [1.29, 1.82) is 0 Å². The van der Waals surface area contributed by atoms with Gasteiger partial charge in [0.1, 0.15) is 17.0 Å². The Bertz CT molecular complexity index is 779. The highest BCUT2D eigenvalue weighted by molar-refractivity contribution is 5.81. The third-order valence-electron chi connectivity index (χ3n) is 7.99. The van der Waals surface area contributed by atoms with E-state index in [2.05, 4.69) is 6.92 Å². The summed E-state index contributed by atoms with van der Waals surface area (Å²) in [6, 6.07) is 0. The van der Waals surface area contributed by atoms with Crippen LogP contribution in [0.3, 0.4) is 0 Å². The highest BCUT2D eigenvalue weighted by Crippen LogP contribution is 2.24. The number of carbonyl (C=O) groups is 3. The van der Waals surface area contributed by atoms with E-state index in [9.17, 15) is 14.4 Å². The molecule has 0 saturated carbocycles. The predicted octanol–water partition coefficient (Wildman–Crippen LogP) is 8.04. The molecule has 4 aliphatic heterocycles. The molecule has 2 amide bonds. The highest BCUT2D eigenvalue weighted by Gasteiger charge is 2.29. The van der Waals surface area contributed by atoms with E-state index in [1.54, 1.807) is 4.90 Å². The number of nitrogens with zero attached hydrogens (tertiary/aromatic N) is 2. The summed E-state index contributed by atoms with van der Waals surface area (Å²) in [6.07, 6.45) is 14.0. The molecule has 4 aliphatic rings. The van der Waals surface area contributed by atoms with Crippen LogP contribution in [-0.4, -0.2) is 100.0 Å². The van der Waals surface area contributed by atoms with Gasteiger partial charge in [-0.25, -0.2) is 9.59 Å². The van der Waals surface area contributed by atoms with Crippen LogP contribution in [0.4, 0.5) is 9.59 Å². The minimum absolute atomic E-state index is 0. The molecular formula is C36H68BN2O7. The molecule has 0 bridgehead atoms. The molecule has 267 valence electrons. The Morgan fingerprint density at radius 1 is 0.652 bits per heavy atom. The average molecular weight is 652 g/mol. The van der Waals surface area contributed by atoms with Gasteiger partial charge in [-0.2, -0.15) is 0 Å². The number of ether oxygens (including phenoxy) is 4. The Kier molecular flexibility index (Phi) is 23.4. The molecule has 4 saturated heterocycles. The summed E-state index contributed by atoms with van der Waals surface area (Å²) in [7, 11) is 0. The molecule has 0 atom stereocenters. The van der Waals surface area contributed by atoms with E-state index >= 15 is 0 Å². The number of hydrogen-bond acceptors (Lipinski definition) is 7. The van der Waals surface area contributed by atoms with E-state index in [0.717, 1.165) is 77.5 Å². The Balaban J connectivity index is 0.000000663. The van der Waals surface area contributed by atoms with Crippen molar-refractivity contribution < 1.29 is 33.3 Å². The van der Waals surface area contributed by atoms with Gasteiger partial charge in [-0.15, -0.1) is 0 Å². The van der Waals surface area contributed by atoms with E-state index in [1.165, 1.54) is 44.9 Å². The average Bonchev–Trinajstić information content (AvgIpc) is 3.75. The fourth-order valence-electron chi connectivity index (χ4n) is 5.41. The number of amides is 2. The first kappa shape index (κ1) is 44.2. The van der Waals surface area contributed by atoms with E-state index < -0.39 is 5.60 Å². The van der Waals surface area contributed by atoms with Crippen molar-refractivity contribution in [2.75, 3.05) is 52.6 Å². The normalized spacial score (nSPS) is 18.9. The number of hydrogen-bond donors (Lipinski definition) is 0. The molecule has 0 N–H and O–H groups in total. The van der Waals surface area contributed by atoms with Gasteiger partial charge in [-0.3, -0.25) is 4.79 Å². The summed E-state index contributed by atoms with van der Waals surface area (Å²) < 4.78 is 20.6. The van der Waals surface area contributed by atoms with Crippen LogP contribution in [0.2, 0.25) is 0 Å². The van der Waals surface area contributed by atoms with E-state index in [1.807, 2.05) is 53.4 Å². The second-order valence-corrected chi connectivity index (χ2v) is 14.6. The maximum atomic E-state index is 11.8. The van der Waals surface area contributed by atoms with Crippen molar-refractivity contribution in [2.24, 2.45) is 11.8 Å². The predicted molar refractivity (Wildman–Crippen MR) is 186 cm³/mol. The van der Waals surface area contributed by atoms with Gasteiger partial charge in [-0.05, 0) is 105 Å². The van der Waals surface area contributed by atoms with E-state index in [0.29, 0.717) is 25.3 Å². The lowest BCUT2D eigenvalue weighted by Gasteiger charge is -2.33. The first-order valence-electron chi connectivity index (χ1n) is 17.9. The van der Waals surface area contributed by atoms with Gasteiger partial charge in [-0.1, -0.05) is 33.1 Å². The molecule has 10 heteroatoms. The molecule has 0 aromatic rings. The SMILES string of the molecule is C1CCOC1.C1CCOC1.CCCC(=O)C1CCN(C(=O)OC(C)(C)C)CC1.CCCCC1CCN(C(=O)OC(C)(C)C)CC1.[B]. The zero-order valence-corrected chi connectivity index (χ0v) is 30.8. The standard InChI is InChI=1S/C14H25NO3.C14H27NO2.2C4H8O.B/c1-5-6-12(16)11-7-9-15(10-8-11)13(17)18-14(2,3)4;1-5-6-7-12-8-10-15(11-9-12)13(16)17-14(2,3)4;2*1-2-4-5-3-1;/h11H,5-10H2,1-4H3;12H,5-11H2,1-4H3;2*1-4H2;. The molecule has 46 heavy (non-hydrogen) atoms. The summed E-state index contributed by atoms with van der Waals surface area (Å²) in [5.74, 6) is 1.30. The number of ketones is 1. The topological polar surface area (TPSA) is 94.6 Å². The molecule has 0 aliphatic carbocycles. The van der Waals surface area contributed by atoms with Crippen LogP contribution in [-0.2, 0) is 23.7 Å². The number of Topliss-reactive ketones (excluding diaryl/α,β-unsaturated/α-hetero) is 1. The van der Waals surface area contributed by atoms with Gasteiger partial charge in [0.05, 0.1) is 0 Å². The smallest absolute Gasteiger partial charge is 0.410 e. The van der Waals surface area contributed by atoms with Crippen molar-refractivity contribution in [2.45, 2.75) is 150 Å². The highest BCUT2D eigenvalue weighted by atomic mass is 16.6. The van der Waals surface area contributed by atoms with Crippen LogP contribution in [0.25, 0.3) is 0 Å². The fourth-order valence-corrected chi connectivity index (χ4v) is 5.41. The molecule has 0 aromatic heterocycles. The Hall–Kier alpha value is -1.81. The van der Waals surface area contributed by atoms with E-state index in [-0.39, 0.29) is 32.1 Å². The van der Waals surface area contributed by atoms with E-state index in [4.69, 9.17) is 18.9 Å². The Morgan fingerprint density at radius 2 is 1.04 bits per heavy atom. The van der Waals surface area contributed by atoms with Crippen LogP contribution in [0.5, 0.6) is 0 Å².